The maximum Gasteiger partial charge on any atom is 0.234 e. The van der Waals surface area contributed by atoms with Gasteiger partial charge in [0, 0.05) is 29.9 Å². The van der Waals surface area contributed by atoms with Crippen molar-refractivity contribution >= 4 is 5.91 Å². The van der Waals surface area contributed by atoms with E-state index in [0.717, 1.165) is 34.6 Å². The third-order valence-corrected chi connectivity index (χ3v) is 6.54. The van der Waals surface area contributed by atoms with Crippen molar-refractivity contribution in [1.29, 1.82) is 0 Å². The second-order valence-electron chi connectivity index (χ2n) is 8.67. The molecule has 4 rings (SSSR count). The van der Waals surface area contributed by atoms with E-state index >= 15 is 0 Å². The lowest BCUT2D eigenvalue weighted by molar-refractivity contribution is -0.123. The van der Waals surface area contributed by atoms with Crippen molar-refractivity contribution < 1.29 is 23.7 Å². The van der Waals surface area contributed by atoms with Crippen LogP contribution in [-0.4, -0.2) is 50.2 Å². The Kier molecular flexibility index (Phi) is 8.64. The van der Waals surface area contributed by atoms with Crippen LogP contribution in [0.3, 0.4) is 0 Å². The zero-order valence-corrected chi connectivity index (χ0v) is 21.5. The van der Waals surface area contributed by atoms with Crippen molar-refractivity contribution in [3.05, 3.63) is 90.0 Å². The SMILES string of the molecule is C=COc1ccc(OC)c2c1C(Cc1ccc(OC)c(OC)c1)N(CC(=O)NCc1ccccn1)CC2. The van der Waals surface area contributed by atoms with E-state index < -0.39 is 0 Å². The van der Waals surface area contributed by atoms with Crippen molar-refractivity contribution in [2.24, 2.45) is 0 Å². The summed E-state index contributed by atoms with van der Waals surface area (Å²) in [5.74, 6) is 2.76. The Bertz CT molecular complexity index is 1230. The van der Waals surface area contributed by atoms with Crippen LogP contribution in [0.25, 0.3) is 0 Å². The summed E-state index contributed by atoms with van der Waals surface area (Å²) in [7, 11) is 4.91. The molecule has 1 N–H and O–H groups in total. The van der Waals surface area contributed by atoms with Crippen LogP contribution < -0.4 is 24.3 Å². The molecule has 0 fully saturated rings. The molecular weight excluding hydrogens is 470 g/mol. The van der Waals surface area contributed by atoms with E-state index in [-0.39, 0.29) is 18.5 Å². The number of pyridine rings is 1. The van der Waals surface area contributed by atoms with Crippen molar-refractivity contribution in [2.75, 3.05) is 34.4 Å². The van der Waals surface area contributed by atoms with Crippen LogP contribution in [-0.2, 0) is 24.2 Å². The van der Waals surface area contributed by atoms with E-state index in [1.807, 2.05) is 48.5 Å². The van der Waals surface area contributed by atoms with Gasteiger partial charge in [-0.25, -0.2) is 0 Å². The Morgan fingerprint density at radius 3 is 2.51 bits per heavy atom. The molecule has 1 aromatic heterocycles. The first-order valence-electron chi connectivity index (χ1n) is 12.2. The molecule has 1 amide bonds. The number of fused-ring (bicyclic) bond motifs is 1. The highest BCUT2D eigenvalue weighted by molar-refractivity contribution is 5.78. The van der Waals surface area contributed by atoms with Gasteiger partial charge in [0.05, 0.1) is 46.4 Å². The van der Waals surface area contributed by atoms with E-state index in [1.54, 1.807) is 27.5 Å². The summed E-state index contributed by atoms with van der Waals surface area (Å²) in [6.07, 6.45) is 4.50. The summed E-state index contributed by atoms with van der Waals surface area (Å²) in [6, 6.07) is 15.2. The molecule has 0 radical (unpaired) electrons. The summed E-state index contributed by atoms with van der Waals surface area (Å²) in [5.41, 5.74) is 3.94. The first-order valence-corrected chi connectivity index (χ1v) is 12.2. The average Bonchev–Trinajstić information content (AvgIpc) is 2.93. The minimum atomic E-state index is -0.146. The smallest absolute Gasteiger partial charge is 0.234 e. The summed E-state index contributed by atoms with van der Waals surface area (Å²) < 4.78 is 22.5. The molecule has 1 unspecified atom stereocenters. The summed E-state index contributed by atoms with van der Waals surface area (Å²) in [4.78, 5) is 19.5. The second-order valence-corrected chi connectivity index (χ2v) is 8.67. The first kappa shape index (κ1) is 26.0. The number of rotatable bonds is 11. The number of benzene rings is 2. The molecular formula is C29H33N3O5. The molecule has 3 aromatic rings. The Balaban J connectivity index is 1.66. The molecule has 0 bridgehead atoms. The Labute approximate surface area is 217 Å². The average molecular weight is 504 g/mol. The summed E-state index contributed by atoms with van der Waals surface area (Å²) >= 11 is 0. The van der Waals surface area contributed by atoms with E-state index in [2.05, 4.69) is 21.8 Å². The van der Waals surface area contributed by atoms with Gasteiger partial charge in [-0.2, -0.15) is 0 Å². The number of ether oxygens (including phenoxy) is 4. The van der Waals surface area contributed by atoms with Gasteiger partial charge in [0.25, 0.3) is 0 Å². The number of hydrogen-bond acceptors (Lipinski definition) is 7. The highest BCUT2D eigenvalue weighted by Crippen LogP contribution is 2.43. The monoisotopic (exact) mass is 503 g/mol. The van der Waals surface area contributed by atoms with Gasteiger partial charge in [0.15, 0.2) is 11.5 Å². The van der Waals surface area contributed by atoms with Crippen molar-refractivity contribution in [1.82, 2.24) is 15.2 Å². The number of carbonyl (C=O) groups is 1. The molecule has 1 atom stereocenters. The number of carbonyl (C=O) groups excluding carboxylic acids is 1. The van der Waals surface area contributed by atoms with Crippen LogP contribution in [0.15, 0.2) is 67.6 Å². The molecule has 0 saturated carbocycles. The Hall–Kier alpha value is -4.04. The topological polar surface area (TPSA) is 82.2 Å². The van der Waals surface area contributed by atoms with E-state index in [9.17, 15) is 4.79 Å². The zero-order chi connectivity index (χ0) is 26.2. The molecule has 1 aliphatic heterocycles. The highest BCUT2D eigenvalue weighted by Gasteiger charge is 2.33. The number of nitrogens with zero attached hydrogens (tertiary/aromatic N) is 2. The third-order valence-electron chi connectivity index (χ3n) is 6.54. The van der Waals surface area contributed by atoms with Crippen molar-refractivity contribution in [2.45, 2.75) is 25.4 Å². The molecule has 8 nitrogen and oxygen atoms in total. The number of nitrogens with one attached hydrogen (secondary N) is 1. The highest BCUT2D eigenvalue weighted by atomic mass is 16.5. The van der Waals surface area contributed by atoms with Gasteiger partial charge in [-0.1, -0.05) is 18.7 Å². The van der Waals surface area contributed by atoms with Crippen molar-refractivity contribution in [3.63, 3.8) is 0 Å². The van der Waals surface area contributed by atoms with E-state index in [0.29, 0.717) is 36.8 Å². The maximum atomic E-state index is 13.0. The fourth-order valence-electron chi connectivity index (χ4n) is 4.81. The lowest BCUT2D eigenvalue weighted by atomic mass is 9.87. The van der Waals surface area contributed by atoms with Crippen LogP contribution in [0.5, 0.6) is 23.0 Å². The van der Waals surface area contributed by atoms with Crippen molar-refractivity contribution in [3.8, 4) is 23.0 Å². The first-order chi connectivity index (χ1) is 18.1. The number of methoxy groups -OCH3 is 3. The zero-order valence-electron chi connectivity index (χ0n) is 21.5. The van der Waals surface area contributed by atoms with Crippen LogP contribution >= 0.6 is 0 Å². The van der Waals surface area contributed by atoms with Gasteiger partial charge >= 0.3 is 0 Å². The van der Waals surface area contributed by atoms with Gasteiger partial charge in [0.1, 0.15) is 11.5 Å². The number of aromatic nitrogens is 1. The molecule has 1 aliphatic rings. The third kappa shape index (κ3) is 6.03. The fourth-order valence-corrected chi connectivity index (χ4v) is 4.81. The minimum absolute atomic E-state index is 0.0690. The summed E-state index contributed by atoms with van der Waals surface area (Å²) in [6.45, 7) is 5.05. The van der Waals surface area contributed by atoms with Gasteiger partial charge in [-0.3, -0.25) is 14.7 Å². The van der Waals surface area contributed by atoms with Gasteiger partial charge in [0.2, 0.25) is 5.91 Å². The molecule has 2 aromatic carbocycles. The lowest BCUT2D eigenvalue weighted by Gasteiger charge is -2.38. The molecule has 8 heteroatoms. The summed E-state index contributed by atoms with van der Waals surface area (Å²) in [5, 5.41) is 3.00. The van der Waals surface area contributed by atoms with Gasteiger partial charge in [-0.05, 0) is 54.8 Å². The molecule has 194 valence electrons. The normalized spacial score (nSPS) is 14.8. The Morgan fingerprint density at radius 1 is 1.05 bits per heavy atom. The lowest BCUT2D eigenvalue weighted by Crippen LogP contribution is -2.43. The van der Waals surface area contributed by atoms with Gasteiger partial charge in [-0.15, -0.1) is 0 Å². The van der Waals surface area contributed by atoms with Crippen LogP contribution in [0, 0.1) is 0 Å². The Morgan fingerprint density at radius 2 is 1.81 bits per heavy atom. The molecule has 37 heavy (non-hydrogen) atoms. The van der Waals surface area contributed by atoms with Crippen LogP contribution in [0.2, 0.25) is 0 Å². The van der Waals surface area contributed by atoms with E-state index in [1.165, 1.54) is 6.26 Å². The molecule has 0 spiro atoms. The number of amides is 1. The maximum absolute atomic E-state index is 13.0. The fraction of sp³-hybridized carbons (Fsp3) is 0.310. The largest absolute Gasteiger partial charge is 0.496 e. The van der Waals surface area contributed by atoms with Crippen LogP contribution in [0.4, 0.5) is 0 Å². The molecule has 2 heterocycles. The van der Waals surface area contributed by atoms with Gasteiger partial charge < -0.3 is 24.3 Å². The predicted molar refractivity (Wildman–Crippen MR) is 141 cm³/mol. The standard InChI is InChI=1S/C29H33N3O5/c1-5-37-26-12-11-24(34-2)22-13-15-32(19-28(33)31-18-21-8-6-7-14-30-21)23(29(22)26)16-20-9-10-25(35-3)27(17-20)36-4/h5-12,14,17,23H,1,13,15-16,18-19H2,2-4H3,(H,31,33). The number of hydrogen-bond donors (Lipinski definition) is 1. The molecule has 0 saturated heterocycles. The quantitative estimate of drug-likeness (QED) is 0.395. The predicted octanol–water partition coefficient (Wildman–Crippen LogP) is 4.09. The second kappa shape index (κ2) is 12.3. The van der Waals surface area contributed by atoms with E-state index in [4.69, 9.17) is 18.9 Å². The minimum Gasteiger partial charge on any atom is -0.496 e. The molecule has 0 aliphatic carbocycles. The van der Waals surface area contributed by atoms with Crippen LogP contribution in [0.1, 0.15) is 28.4 Å².